The molecule has 5 N–H and O–H groups in total. The summed E-state index contributed by atoms with van der Waals surface area (Å²) in [5.74, 6) is -0.439. The molecule has 0 atom stereocenters. The zero-order valence-electron chi connectivity index (χ0n) is 11.1. The lowest BCUT2D eigenvalue weighted by molar-refractivity contribution is 0.100. The second-order valence-electron chi connectivity index (χ2n) is 4.60. The smallest absolute Gasteiger partial charge is 0.248 e. The number of hydrogen-bond donors (Lipinski definition) is 3. The maximum absolute atomic E-state index is 11.1. The van der Waals surface area contributed by atoms with Gasteiger partial charge in [-0.2, -0.15) is 0 Å². The average Bonchev–Trinajstić information content (AvgIpc) is 2.30. The summed E-state index contributed by atoms with van der Waals surface area (Å²) in [6.07, 6.45) is 2.17. The van der Waals surface area contributed by atoms with Crippen LogP contribution in [0.5, 0.6) is 0 Å². The van der Waals surface area contributed by atoms with E-state index in [2.05, 4.69) is 24.3 Å². The van der Waals surface area contributed by atoms with Crippen LogP contribution in [0.3, 0.4) is 0 Å². The van der Waals surface area contributed by atoms with Crippen LogP contribution in [0.2, 0.25) is 0 Å². The third kappa shape index (κ3) is 4.63. The van der Waals surface area contributed by atoms with E-state index in [1.807, 2.05) is 0 Å². The maximum Gasteiger partial charge on any atom is 0.248 e. The van der Waals surface area contributed by atoms with Crippen LogP contribution in [-0.2, 0) is 0 Å². The number of amides is 1. The Kier molecular flexibility index (Phi) is 5.45. The number of primary amides is 1. The largest absolute Gasteiger partial charge is 0.397 e. The van der Waals surface area contributed by atoms with E-state index in [0.29, 0.717) is 11.3 Å². The van der Waals surface area contributed by atoms with Crippen molar-refractivity contribution >= 4 is 17.3 Å². The van der Waals surface area contributed by atoms with Crippen molar-refractivity contribution in [2.24, 2.45) is 5.73 Å². The van der Waals surface area contributed by atoms with Crippen molar-refractivity contribution in [2.75, 3.05) is 38.2 Å². The fourth-order valence-electron chi connectivity index (χ4n) is 1.64. The highest BCUT2D eigenvalue weighted by Crippen LogP contribution is 2.19. The number of anilines is 2. The quantitative estimate of drug-likeness (QED) is 0.500. The summed E-state index contributed by atoms with van der Waals surface area (Å²) in [5.41, 5.74) is 12.9. The minimum atomic E-state index is -0.439. The molecule has 5 heteroatoms. The fourth-order valence-corrected chi connectivity index (χ4v) is 1.64. The van der Waals surface area contributed by atoms with Gasteiger partial charge in [-0.3, -0.25) is 4.79 Å². The number of unbranched alkanes of at least 4 members (excludes halogenated alkanes) is 1. The third-order valence-electron chi connectivity index (χ3n) is 2.69. The summed E-state index contributed by atoms with van der Waals surface area (Å²) >= 11 is 0. The molecule has 5 nitrogen and oxygen atoms in total. The Morgan fingerprint density at radius 1 is 1.33 bits per heavy atom. The highest BCUT2D eigenvalue weighted by atomic mass is 16.1. The number of nitrogens with zero attached hydrogens (tertiary/aromatic N) is 1. The van der Waals surface area contributed by atoms with Crippen LogP contribution < -0.4 is 16.8 Å². The molecule has 0 unspecified atom stereocenters. The van der Waals surface area contributed by atoms with Gasteiger partial charge >= 0.3 is 0 Å². The lowest BCUT2D eigenvalue weighted by Crippen LogP contribution is -2.15. The summed E-state index contributed by atoms with van der Waals surface area (Å²) < 4.78 is 0. The topological polar surface area (TPSA) is 84.4 Å². The van der Waals surface area contributed by atoms with Crippen LogP contribution >= 0.6 is 0 Å². The molecule has 0 saturated carbocycles. The van der Waals surface area contributed by atoms with E-state index in [4.69, 9.17) is 11.5 Å². The van der Waals surface area contributed by atoms with Gasteiger partial charge < -0.3 is 21.7 Å². The summed E-state index contributed by atoms with van der Waals surface area (Å²) in [6, 6.07) is 5.03. The van der Waals surface area contributed by atoms with E-state index < -0.39 is 5.91 Å². The maximum atomic E-state index is 11.1. The Balaban J connectivity index is 2.46. The molecule has 0 spiro atoms. The molecule has 0 bridgehead atoms. The van der Waals surface area contributed by atoms with Gasteiger partial charge in [0.2, 0.25) is 5.91 Å². The van der Waals surface area contributed by atoms with E-state index in [-0.39, 0.29) is 0 Å². The number of nitrogens with one attached hydrogen (secondary N) is 1. The van der Waals surface area contributed by atoms with Gasteiger partial charge in [-0.15, -0.1) is 0 Å². The number of nitrogens with two attached hydrogens (primary N) is 2. The van der Waals surface area contributed by atoms with Gasteiger partial charge in [0.15, 0.2) is 0 Å². The first-order valence-corrected chi connectivity index (χ1v) is 6.08. The Labute approximate surface area is 108 Å². The molecule has 1 rings (SSSR count). The molecule has 0 saturated heterocycles. The molecule has 18 heavy (non-hydrogen) atoms. The molecule has 0 aromatic heterocycles. The van der Waals surface area contributed by atoms with Crippen LogP contribution in [0, 0.1) is 0 Å². The molecule has 0 aliphatic heterocycles. The van der Waals surface area contributed by atoms with Crippen LogP contribution in [-0.4, -0.2) is 38.0 Å². The Morgan fingerprint density at radius 3 is 2.67 bits per heavy atom. The second-order valence-corrected chi connectivity index (χ2v) is 4.60. The second kappa shape index (κ2) is 6.86. The fraction of sp³-hybridized carbons (Fsp3) is 0.462. The van der Waals surface area contributed by atoms with Gasteiger partial charge in [-0.25, -0.2) is 0 Å². The normalized spacial score (nSPS) is 10.6. The minimum absolute atomic E-state index is 0.439. The van der Waals surface area contributed by atoms with Crippen LogP contribution in [0.25, 0.3) is 0 Å². The molecule has 0 heterocycles. The van der Waals surface area contributed by atoms with E-state index in [1.54, 1.807) is 18.2 Å². The van der Waals surface area contributed by atoms with Gasteiger partial charge in [0.1, 0.15) is 0 Å². The number of hydrogen-bond acceptors (Lipinski definition) is 4. The van der Waals surface area contributed by atoms with Crippen molar-refractivity contribution < 1.29 is 4.79 Å². The number of nitrogen functional groups attached to an aromatic ring is 1. The summed E-state index contributed by atoms with van der Waals surface area (Å²) in [7, 11) is 4.11. The molecule has 0 radical (unpaired) electrons. The van der Waals surface area contributed by atoms with E-state index >= 15 is 0 Å². The zero-order chi connectivity index (χ0) is 13.5. The first-order valence-electron chi connectivity index (χ1n) is 6.08. The third-order valence-corrected chi connectivity index (χ3v) is 2.69. The van der Waals surface area contributed by atoms with E-state index in [9.17, 15) is 4.79 Å². The molecule has 1 aromatic rings. The van der Waals surface area contributed by atoms with Crippen molar-refractivity contribution in [3.05, 3.63) is 23.8 Å². The lowest BCUT2D eigenvalue weighted by Gasteiger charge is -2.12. The summed E-state index contributed by atoms with van der Waals surface area (Å²) in [6.45, 7) is 1.90. The van der Waals surface area contributed by atoms with E-state index in [0.717, 1.165) is 31.6 Å². The monoisotopic (exact) mass is 250 g/mol. The molecule has 0 fully saturated rings. The van der Waals surface area contributed by atoms with Gasteiger partial charge in [0.25, 0.3) is 0 Å². The molecular formula is C13H22N4O. The number of carbonyl (C=O) groups is 1. The highest BCUT2D eigenvalue weighted by Gasteiger charge is 2.04. The first-order chi connectivity index (χ1) is 8.50. The van der Waals surface area contributed by atoms with Crippen molar-refractivity contribution in [1.29, 1.82) is 0 Å². The van der Waals surface area contributed by atoms with Gasteiger partial charge in [0.05, 0.1) is 11.4 Å². The lowest BCUT2D eigenvalue weighted by atomic mass is 10.1. The summed E-state index contributed by atoms with van der Waals surface area (Å²) in [4.78, 5) is 13.2. The molecule has 1 aromatic carbocycles. The van der Waals surface area contributed by atoms with Crippen LogP contribution in [0.1, 0.15) is 23.2 Å². The minimum Gasteiger partial charge on any atom is -0.397 e. The molecule has 100 valence electrons. The van der Waals surface area contributed by atoms with Gasteiger partial charge in [0, 0.05) is 12.1 Å². The van der Waals surface area contributed by atoms with Crippen molar-refractivity contribution in [3.8, 4) is 0 Å². The van der Waals surface area contributed by atoms with Gasteiger partial charge in [-0.1, -0.05) is 0 Å². The van der Waals surface area contributed by atoms with E-state index in [1.165, 1.54) is 0 Å². The predicted octanol–water partition coefficient (Wildman–Crippen LogP) is 1.12. The average molecular weight is 250 g/mol. The molecule has 0 aliphatic rings. The van der Waals surface area contributed by atoms with Crippen molar-refractivity contribution in [3.63, 3.8) is 0 Å². The molecule has 0 aliphatic carbocycles. The van der Waals surface area contributed by atoms with Crippen LogP contribution in [0.4, 0.5) is 11.4 Å². The SMILES string of the molecule is CN(C)CCCCNc1cc(C(N)=O)ccc1N. The summed E-state index contributed by atoms with van der Waals surface area (Å²) in [5, 5.41) is 3.23. The Morgan fingerprint density at radius 2 is 2.06 bits per heavy atom. The van der Waals surface area contributed by atoms with Crippen molar-refractivity contribution in [2.45, 2.75) is 12.8 Å². The highest BCUT2D eigenvalue weighted by molar-refractivity contribution is 5.94. The Bertz CT molecular complexity index is 404. The van der Waals surface area contributed by atoms with Crippen molar-refractivity contribution in [1.82, 2.24) is 4.90 Å². The molecular weight excluding hydrogens is 228 g/mol. The van der Waals surface area contributed by atoms with Crippen LogP contribution in [0.15, 0.2) is 18.2 Å². The molecule has 1 amide bonds. The number of rotatable bonds is 7. The first kappa shape index (κ1) is 14.3. The number of benzene rings is 1. The number of carbonyl (C=O) groups excluding carboxylic acids is 1. The standard InChI is InChI=1S/C13H22N4O/c1-17(2)8-4-3-7-16-12-9-10(13(15)18)5-6-11(12)14/h5-6,9,16H,3-4,7-8,14H2,1-2H3,(H2,15,18). The Hall–Kier alpha value is -1.75. The van der Waals surface area contributed by atoms with Gasteiger partial charge in [-0.05, 0) is 51.7 Å². The predicted molar refractivity (Wildman–Crippen MR) is 75.7 cm³/mol. The zero-order valence-corrected chi connectivity index (χ0v) is 11.1.